The lowest BCUT2D eigenvalue weighted by Gasteiger charge is -2.15. The lowest BCUT2D eigenvalue weighted by molar-refractivity contribution is -0.118. The smallest absolute Gasteiger partial charge is 0.230 e. The number of hydrogen-bond donors (Lipinski definition) is 1. The third-order valence-electron chi connectivity index (χ3n) is 2.92. The van der Waals surface area contributed by atoms with Crippen LogP contribution in [0.15, 0.2) is 35.2 Å². The summed E-state index contributed by atoms with van der Waals surface area (Å²) in [7, 11) is 0. The molecular weight excluding hydrogens is 278 g/mol. The Hall–Kier alpha value is -0.670. The van der Waals surface area contributed by atoms with Crippen LogP contribution in [0.1, 0.15) is 26.2 Å². The molecule has 0 heterocycles. The van der Waals surface area contributed by atoms with Crippen molar-refractivity contribution < 1.29 is 4.79 Å². The SMILES string of the molecule is CCCC(CCCl)CNC(=O)CSc1ccccc1. The fraction of sp³-hybridized carbons (Fsp3) is 0.533. The van der Waals surface area contributed by atoms with E-state index in [4.69, 9.17) is 11.6 Å². The van der Waals surface area contributed by atoms with Crippen LogP contribution in [0.3, 0.4) is 0 Å². The predicted molar refractivity (Wildman–Crippen MR) is 83.9 cm³/mol. The van der Waals surface area contributed by atoms with Gasteiger partial charge in [0, 0.05) is 17.3 Å². The maximum atomic E-state index is 11.8. The molecule has 106 valence electrons. The van der Waals surface area contributed by atoms with Crippen molar-refractivity contribution in [3.8, 4) is 0 Å². The van der Waals surface area contributed by atoms with Crippen LogP contribution in [0, 0.1) is 5.92 Å². The van der Waals surface area contributed by atoms with Crippen molar-refractivity contribution in [2.24, 2.45) is 5.92 Å². The molecule has 1 N–H and O–H groups in total. The van der Waals surface area contributed by atoms with E-state index in [0.717, 1.165) is 30.7 Å². The van der Waals surface area contributed by atoms with Gasteiger partial charge >= 0.3 is 0 Å². The molecule has 0 bridgehead atoms. The van der Waals surface area contributed by atoms with E-state index in [2.05, 4.69) is 12.2 Å². The number of alkyl halides is 1. The molecule has 1 aromatic carbocycles. The van der Waals surface area contributed by atoms with Gasteiger partial charge in [-0.1, -0.05) is 31.5 Å². The average molecular weight is 300 g/mol. The molecule has 1 rings (SSSR count). The molecule has 0 radical (unpaired) electrons. The zero-order chi connectivity index (χ0) is 13.9. The fourth-order valence-corrected chi connectivity index (χ4v) is 2.94. The maximum Gasteiger partial charge on any atom is 0.230 e. The third kappa shape index (κ3) is 7.48. The van der Waals surface area contributed by atoms with Crippen molar-refractivity contribution >= 4 is 29.3 Å². The molecule has 0 aliphatic heterocycles. The van der Waals surface area contributed by atoms with Crippen LogP contribution in [0.5, 0.6) is 0 Å². The Kier molecular flexibility index (Phi) is 8.76. The molecular formula is C15H22ClNOS. The Bertz CT molecular complexity index is 352. The molecule has 0 aromatic heterocycles. The standard InChI is InChI=1S/C15H22ClNOS/c1-2-6-13(9-10-16)11-17-15(18)12-19-14-7-4-3-5-8-14/h3-5,7-8,13H,2,6,9-12H2,1H3,(H,17,18). The van der Waals surface area contributed by atoms with Crippen molar-refractivity contribution in [1.29, 1.82) is 0 Å². The van der Waals surface area contributed by atoms with Gasteiger partial charge in [-0.15, -0.1) is 23.4 Å². The molecule has 4 heteroatoms. The van der Waals surface area contributed by atoms with Gasteiger partial charge in [-0.2, -0.15) is 0 Å². The molecule has 2 nitrogen and oxygen atoms in total. The minimum atomic E-state index is 0.101. The highest BCUT2D eigenvalue weighted by molar-refractivity contribution is 8.00. The maximum absolute atomic E-state index is 11.8. The summed E-state index contributed by atoms with van der Waals surface area (Å²) < 4.78 is 0. The molecule has 1 atom stereocenters. The van der Waals surface area contributed by atoms with E-state index >= 15 is 0 Å². The first kappa shape index (κ1) is 16.4. The normalized spacial score (nSPS) is 12.1. The Morgan fingerprint density at radius 2 is 2.05 bits per heavy atom. The van der Waals surface area contributed by atoms with Crippen LogP contribution < -0.4 is 5.32 Å². The molecule has 0 aliphatic carbocycles. The third-order valence-corrected chi connectivity index (χ3v) is 4.15. The van der Waals surface area contributed by atoms with Gasteiger partial charge in [0.1, 0.15) is 0 Å². The van der Waals surface area contributed by atoms with Gasteiger partial charge < -0.3 is 5.32 Å². The number of benzene rings is 1. The molecule has 0 saturated heterocycles. The van der Waals surface area contributed by atoms with Gasteiger partial charge in [-0.3, -0.25) is 4.79 Å². The first-order valence-corrected chi connectivity index (χ1v) is 8.28. The van der Waals surface area contributed by atoms with Gasteiger partial charge in [0.25, 0.3) is 0 Å². The lowest BCUT2D eigenvalue weighted by Crippen LogP contribution is -2.30. The summed E-state index contributed by atoms with van der Waals surface area (Å²) in [6.07, 6.45) is 3.23. The van der Waals surface area contributed by atoms with Gasteiger partial charge in [-0.05, 0) is 30.9 Å². The summed E-state index contributed by atoms with van der Waals surface area (Å²) in [6.45, 7) is 2.91. The molecule has 0 saturated carbocycles. The Labute approximate surface area is 125 Å². The molecule has 1 amide bonds. The molecule has 0 aliphatic rings. The summed E-state index contributed by atoms with van der Waals surface area (Å²) in [5, 5.41) is 3.00. The number of rotatable bonds is 9. The van der Waals surface area contributed by atoms with Crippen LogP contribution in [0.4, 0.5) is 0 Å². The first-order valence-electron chi connectivity index (χ1n) is 6.76. The monoisotopic (exact) mass is 299 g/mol. The summed E-state index contributed by atoms with van der Waals surface area (Å²) in [6, 6.07) is 9.98. The highest BCUT2D eigenvalue weighted by atomic mass is 35.5. The van der Waals surface area contributed by atoms with Crippen molar-refractivity contribution in [2.45, 2.75) is 31.1 Å². The molecule has 0 spiro atoms. The number of hydrogen-bond acceptors (Lipinski definition) is 2. The van der Waals surface area contributed by atoms with Crippen LogP contribution in [0.2, 0.25) is 0 Å². The fourth-order valence-electron chi connectivity index (χ4n) is 1.89. The number of amides is 1. The van der Waals surface area contributed by atoms with Crippen LogP contribution in [-0.2, 0) is 4.79 Å². The Balaban J connectivity index is 2.23. The second kappa shape index (κ2) is 10.2. The van der Waals surface area contributed by atoms with Crippen molar-refractivity contribution in [2.75, 3.05) is 18.2 Å². The lowest BCUT2D eigenvalue weighted by atomic mass is 10.0. The number of carbonyl (C=O) groups excluding carboxylic acids is 1. The van der Waals surface area contributed by atoms with E-state index in [-0.39, 0.29) is 5.91 Å². The molecule has 19 heavy (non-hydrogen) atoms. The van der Waals surface area contributed by atoms with E-state index in [1.54, 1.807) is 11.8 Å². The Morgan fingerprint density at radius 1 is 1.32 bits per heavy atom. The molecule has 0 fully saturated rings. The summed E-state index contributed by atoms with van der Waals surface area (Å²) in [5.74, 6) is 1.75. The second-order valence-electron chi connectivity index (χ2n) is 4.54. The van der Waals surface area contributed by atoms with Crippen LogP contribution in [-0.4, -0.2) is 24.1 Å². The summed E-state index contributed by atoms with van der Waals surface area (Å²) in [5.41, 5.74) is 0. The molecule has 1 aromatic rings. The topological polar surface area (TPSA) is 29.1 Å². The van der Waals surface area contributed by atoms with Crippen LogP contribution >= 0.6 is 23.4 Å². The second-order valence-corrected chi connectivity index (χ2v) is 5.96. The zero-order valence-electron chi connectivity index (χ0n) is 11.4. The highest BCUT2D eigenvalue weighted by Gasteiger charge is 2.09. The summed E-state index contributed by atoms with van der Waals surface area (Å²) in [4.78, 5) is 12.9. The van der Waals surface area contributed by atoms with Gasteiger partial charge in [0.2, 0.25) is 5.91 Å². The van der Waals surface area contributed by atoms with Gasteiger partial charge in [0.15, 0.2) is 0 Å². The quantitative estimate of drug-likeness (QED) is 0.553. The number of carbonyl (C=O) groups is 1. The van der Waals surface area contributed by atoms with Crippen molar-refractivity contribution in [3.05, 3.63) is 30.3 Å². The van der Waals surface area contributed by atoms with Gasteiger partial charge in [0.05, 0.1) is 5.75 Å². The largest absolute Gasteiger partial charge is 0.355 e. The summed E-state index contributed by atoms with van der Waals surface area (Å²) >= 11 is 7.34. The minimum absolute atomic E-state index is 0.101. The van der Waals surface area contributed by atoms with Crippen molar-refractivity contribution in [3.63, 3.8) is 0 Å². The predicted octanol–water partition coefficient (Wildman–Crippen LogP) is 3.94. The minimum Gasteiger partial charge on any atom is -0.355 e. The van der Waals surface area contributed by atoms with E-state index in [0.29, 0.717) is 17.6 Å². The van der Waals surface area contributed by atoms with Crippen LogP contribution in [0.25, 0.3) is 0 Å². The highest BCUT2D eigenvalue weighted by Crippen LogP contribution is 2.16. The number of halogens is 1. The van der Waals surface area contributed by atoms with Gasteiger partial charge in [-0.25, -0.2) is 0 Å². The number of thioether (sulfide) groups is 1. The number of nitrogens with one attached hydrogen (secondary N) is 1. The average Bonchev–Trinajstić information content (AvgIpc) is 2.44. The van der Waals surface area contributed by atoms with E-state index in [1.165, 1.54) is 0 Å². The van der Waals surface area contributed by atoms with E-state index in [1.807, 2.05) is 30.3 Å². The Morgan fingerprint density at radius 3 is 2.68 bits per heavy atom. The van der Waals surface area contributed by atoms with E-state index < -0.39 is 0 Å². The van der Waals surface area contributed by atoms with Crippen molar-refractivity contribution in [1.82, 2.24) is 5.32 Å². The van der Waals surface area contributed by atoms with E-state index in [9.17, 15) is 4.79 Å². The first-order chi connectivity index (χ1) is 9.26. The zero-order valence-corrected chi connectivity index (χ0v) is 13.0. The molecule has 1 unspecified atom stereocenters.